The Balaban J connectivity index is 1.27. The van der Waals surface area contributed by atoms with Gasteiger partial charge < -0.3 is 39.7 Å². The molecule has 0 aliphatic rings. The van der Waals surface area contributed by atoms with Crippen molar-refractivity contribution in [2.75, 3.05) is 29.6 Å². The smallest absolute Gasteiger partial charge is 0.164 e. The molecule has 1 unspecified atom stereocenters. The molecule has 0 amide bonds. The second-order valence-electron chi connectivity index (χ2n) is 11.5. The lowest BCUT2D eigenvalue weighted by Crippen LogP contribution is -2.21. The number of para-hydroxylation sites is 2. The van der Waals surface area contributed by atoms with Crippen LogP contribution in [0.4, 0.5) is 34.1 Å². The van der Waals surface area contributed by atoms with Gasteiger partial charge >= 0.3 is 0 Å². The van der Waals surface area contributed by atoms with Crippen LogP contribution in [-0.4, -0.2) is 46.4 Å². The van der Waals surface area contributed by atoms with Crippen molar-refractivity contribution in [2.24, 2.45) is 0 Å². The topological polar surface area (TPSA) is 106 Å². The lowest BCUT2D eigenvalue weighted by atomic mass is 10.0. The first kappa shape index (κ1) is 33.7. The van der Waals surface area contributed by atoms with Crippen LogP contribution in [0.5, 0.6) is 11.5 Å². The molecule has 8 heteroatoms. The summed E-state index contributed by atoms with van der Waals surface area (Å²) >= 11 is 0. The molecule has 50 heavy (non-hydrogen) atoms. The maximum Gasteiger partial charge on any atom is 0.164 e. The number of nitrogens with zero attached hydrogens (tertiary/aromatic N) is 2. The number of aliphatic hydroxyl groups excluding tert-OH is 4. The van der Waals surface area contributed by atoms with E-state index < -0.39 is 6.10 Å². The molecule has 6 aromatic rings. The van der Waals surface area contributed by atoms with Gasteiger partial charge in [-0.2, -0.15) is 0 Å². The Bertz CT molecular complexity index is 1910. The number of anilines is 6. The second kappa shape index (κ2) is 16.3. The van der Waals surface area contributed by atoms with Gasteiger partial charge in [-0.15, -0.1) is 0 Å². The first-order chi connectivity index (χ1) is 24.5. The summed E-state index contributed by atoms with van der Waals surface area (Å²) in [6.45, 7) is -0.534. The minimum atomic E-state index is -0.955. The molecule has 6 aromatic carbocycles. The molecule has 0 aromatic heterocycles. The van der Waals surface area contributed by atoms with Gasteiger partial charge in [0.25, 0.3) is 0 Å². The number of rotatable bonds is 14. The van der Waals surface area contributed by atoms with Crippen LogP contribution < -0.4 is 19.3 Å². The van der Waals surface area contributed by atoms with Gasteiger partial charge in [0.1, 0.15) is 37.1 Å². The SMILES string of the molecule is O/C=C(/O)COc1ccc(N(c2ccc(OCC(O)CO)cc2)c2ccc(-c3ccc(N(c4ccccc4)c4ccccc4)cc3)cc2)cc1. The van der Waals surface area contributed by atoms with E-state index in [9.17, 15) is 10.2 Å². The molecule has 0 aliphatic heterocycles. The molecule has 0 spiro atoms. The maximum atomic E-state index is 9.68. The van der Waals surface area contributed by atoms with Crippen LogP contribution in [0.15, 0.2) is 170 Å². The summed E-state index contributed by atoms with van der Waals surface area (Å²) in [7, 11) is 0. The highest BCUT2D eigenvalue weighted by atomic mass is 16.5. The number of ether oxygens (including phenoxy) is 2. The highest BCUT2D eigenvalue weighted by Crippen LogP contribution is 2.38. The van der Waals surface area contributed by atoms with Crippen molar-refractivity contribution in [3.63, 3.8) is 0 Å². The zero-order valence-electron chi connectivity index (χ0n) is 27.3. The van der Waals surface area contributed by atoms with Crippen LogP contribution in [-0.2, 0) is 0 Å². The Kier molecular flexibility index (Phi) is 10.9. The average Bonchev–Trinajstić information content (AvgIpc) is 3.18. The van der Waals surface area contributed by atoms with E-state index in [1.165, 1.54) is 0 Å². The lowest BCUT2D eigenvalue weighted by Gasteiger charge is -2.26. The Labute approximate surface area is 291 Å². The summed E-state index contributed by atoms with van der Waals surface area (Å²) in [5.74, 6) is 0.827. The summed E-state index contributed by atoms with van der Waals surface area (Å²) in [4.78, 5) is 4.32. The minimum absolute atomic E-state index is 0.0129. The van der Waals surface area contributed by atoms with E-state index in [2.05, 4.69) is 82.6 Å². The normalized spacial score (nSPS) is 11.8. The third kappa shape index (κ3) is 8.25. The van der Waals surface area contributed by atoms with Gasteiger partial charge in [0.2, 0.25) is 0 Å². The van der Waals surface area contributed by atoms with Gasteiger partial charge in [-0.25, -0.2) is 0 Å². The summed E-state index contributed by atoms with van der Waals surface area (Å²) < 4.78 is 11.2. The van der Waals surface area contributed by atoms with Crippen LogP contribution in [0.2, 0.25) is 0 Å². The van der Waals surface area contributed by atoms with Gasteiger partial charge in [-0.1, -0.05) is 60.7 Å². The molecule has 4 N–H and O–H groups in total. The largest absolute Gasteiger partial charge is 0.512 e. The van der Waals surface area contributed by atoms with Gasteiger partial charge in [0.05, 0.1) is 6.61 Å². The zero-order valence-corrected chi connectivity index (χ0v) is 27.3. The van der Waals surface area contributed by atoms with Crippen LogP contribution in [0.25, 0.3) is 11.1 Å². The number of aliphatic hydroxyl groups is 4. The molecular weight excluding hydrogens is 628 g/mol. The first-order valence-corrected chi connectivity index (χ1v) is 16.2. The predicted octanol–water partition coefficient (Wildman–Crippen LogP) is 9.36. The molecule has 0 radical (unpaired) electrons. The molecule has 1 atom stereocenters. The summed E-state index contributed by atoms with van der Waals surface area (Å²) in [5.41, 5.74) is 8.03. The molecule has 0 fully saturated rings. The Morgan fingerprint density at radius 1 is 0.520 bits per heavy atom. The molecule has 0 aliphatic carbocycles. The van der Waals surface area contributed by atoms with E-state index in [1.807, 2.05) is 72.8 Å². The van der Waals surface area contributed by atoms with Crippen molar-refractivity contribution >= 4 is 34.1 Å². The van der Waals surface area contributed by atoms with Gasteiger partial charge in [-0.3, -0.25) is 0 Å². The Hall–Kier alpha value is -6.22. The third-order valence-electron chi connectivity index (χ3n) is 7.99. The molecule has 6 rings (SSSR count). The van der Waals surface area contributed by atoms with E-state index >= 15 is 0 Å². The molecule has 0 saturated carbocycles. The quantitative estimate of drug-likeness (QED) is 0.0853. The fourth-order valence-electron chi connectivity index (χ4n) is 5.48. The number of hydrogen-bond acceptors (Lipinski definition) is 8. The number of benzene rings is 6. The third-order valence-corrected chi connectivity index (χ3v) is 7.99. The minimum Gasteiger partial charge on any atom is -0.512 e. The van der Waals surface area contributed by atoms with Gasteiger partial charge in [0.15, 0.2) is 5.76 Å². The Morgan fingerprint density at radius 3 is 1.26 bits per heavy atom. The molecule has 8 nitrogen and oxygen atoms in total. The van der Waals surface area contributed by atoms with Gasteiger partial charge in [0, 0.05) is 34.1 Å². The molecular formula is C42H38N2O6. The highest BCUT2D eigenvalue weighted by molar-refractivity contribution is 5.80. The molecule has 0 bridgehead atoms. The molecule has 252 valence electrons. The zero-order chi connectivity index (χ0) is 34.7. The van der Waals surface area contributed by atoms with E-state index in [4.69, 9.17) is 19.7 Å². The van der Waals surface area contributed by atoms with Crippen LogP contribution in [0, 0.1) is 0 Å². The standard InChI is InChI=1S/C42H38N2O6/c45-27-39(47)29-49-41-23-19-37(20-24-41)44(38-21-25-42(26-22-38)50-30-40(48)28-46)36-17-13-32(14-18-36)31-11-15-35(16-12-31)43(33-7-3-1-4-8-33)34-9-5-2-6-10-34/h1-27,40,45-48H,28-30H2/b39-27+. The summed E-state index contributed by atoms with van der Waals surface area (Å²) in [6.07, 6.45) is -0.348. The van der Waals surface area contributed by atoms with Crippen LogP contribution in [0.3, 0.4) is 0 Å². The molecule has 0 saturated heterocycles. The van der Waals surface area contributed by atoms with Crippen molar-refractivity contribution < 1.29 is 29.9 Å². The van der Waals surface area contributed by atoms with Crippen molar-refractivity contribution in [2.45, 2.75) is 6.10 Å². The van der Waals surface area contributed by atoms with E-state index in [1.54, 1.807) is 12.1 Å². The van der Waals surface area contributed by atoms with Crippen molar-refractivity contribution in [1.29, 1.82) is 0 Å². The van der Waals surface area contributed by atoms with E-state index in [-0.39, 0.29) is 25.6 Å². The van der Waals surface area contributed by atoms with Crippen molar-refractivity contribution in [3.8, 4) is 22.6 Å². The predicted molar refractivity (Wildman–Crippen MR) is 199 cm³/mol. The first-order valence-electron chi connectivity index (χ1n) is 16.2. The maximum absolute atomic E-state index is 9.68. The number of hydrogen-bond donors (Lipinski definition) is 4. The summed E-state index contributed by atoms with van der Waals surface area (Å²) in [6, 6.07) is 52.4. The van der Waals surface area contributed by atoms with Crippen LogP contribution >= 0.6 is 0 Å². The van der Waals surface area contributed by atoms with Crippen LogP contribution in [0.1, 0.15) is 0 Å². The average molecular weight is 667 g/mol. The molecule has 0 heterocycles. The van der Waals surface area contributed by atoms with E-state index in [0.29, 0.717) is 17.8 Å². The fraction of sp³-hybridized carbons (Fsp3) is 0.0952. The Morgan fingerprint density at radius 2 is 0.880 bits per heavy atom. The fourth-order valence-corrected chi connectivity index (χ4v) is 5.48. The van der Waals surface area contributed by atoms with Crippen molar-refractivity contribution in [3.05, 3.63) is 170 Å². The van der Waals surface area contributed by atoms with E-state index in [0.717, 1.165) is 45.3 Å². The van der Waals surface area contributed by atoms with Gasteiger partial charge in [-0.05, 0) is 108 Å². The lowest BCUT2D eigenvalue weighted by molar-refractivity contribution is 0.0536. The van der Waals surface area contributed by atoms with Crippen molar-refractivity contribution in [1.82, 2.24) is 0 Å². The second-order valence-corrected chi connectivity index (χ2v) is 11.5. The summed E-state index contributed by atoms with van der Waals surface area (Å²) in [5, 5.41) is 37.3. The highest BCUT2D eigenvalue weighted by Gasteiger charge is 2.15. The monoisotopic (exact) mass is 666 g/mol.